The zero-order valence-corrected chi connectivity index (χ0v) is 13.1. The summed E-state index contributed by atoms with van der Waals surface area (Å²) in [5, 5.41) is 3.48. The van der Waals surface area contributed by atoms with E-state index >= 15 is 0 Å². The second-order valence-corrected chi connectivity index (χ2v) is 5.50. The number of nitrogens with two attached hydrogens (primary N) is 1. The number of anilines is 3. The number of hydrogen-bond acceptors (Lipinski definition) is 5. The minimum Gasteiger partial charge on any atom is -0.436 e. The predicted octanol–water partition coefficient (Wildman–Crippen LogP) is 4.63. The molecule has 0 unspecified atom stereocenters. The van der Waals surface area contributed by atoms with Gasteiger partial charge in [0.15, 0.2) is 17.2 Å². The van der Waals surface area contributed by atoms with Gasteiger partial charge in [0.1, 0.15) is 11.4 Å². The van der Waals surface area contributed by atoms with Crippen LogP contribution < -0.4 is 11.1 Å². The van der Waals surface area contributed by atoms with Crippen molar-refractivity contribution in [2.75, 3.05) is 11.1 Å². The Morgan fingerprint density at radius 2 is 1.73 bits per heavy atom. The number of benzene rings is 1. The highest BCUT2D eigenvalue weighted by atomic mass is 19.2. The first-order valence-electron chi connectivity index (χ1n) is 7.54. The molecule has 5 nitrogen and oxygen atoms in total. The van der Waals surface area contributed by atoms with Gasteiger partial charge in [-0.15, -0.1) is 0 Å². The molecule has 3 aromatic heterocycles. The lowest BCUT2D eigenvalue weighted by atomic mass is 10.1. The summed E-state index contributed by atoms with van der Waals surface area (Å²) in [6.45, 7) is 0. The maximum Gasteiger partial charge on any atom is 0.215 e. The highest BCUT2D eigenvalue weighted by Crippen LogP contribution is 2.39. The van der Waals surface area contributed by atoms with E-state index in [9.17, 15) is 13.2 Å². The van der Waals surface area contributed by atoms with E-state index < -0.39 is 17.6 Å². The fourth-order valence-electron chi connectivity index (χ4n) is 2.64. The van der Waals surface area contributed by atoms with Crippen LogP contribution in [0.25, 0.3) is 22.2 Å². The van der Waals surface area contributed by atoms with E-state index in [2.05, 4.69) is 15.3 Å². The molecule has 0 bridgehead atoms. The first-order chi connectivity index (χ1) is 12.5. The normalized spacial score (nSPS) is 11.0. The average molecular weight is 356 g/mol. The number of fused-ring (bicyclic) bond motifs is 1. The summed E-state index contributed by atoms with van der Waals surface area (Å²) in [5.74, 6) is -2.56. The lowest BCUT2D eigenvalue weighted by Gasteiger charge is -2.06. The van der Waals surface area contributed by atoms with Crippen molar-refractivity contribution >= 4 is 28.2 Å². The van der Waals surface area contributed by atoms with Crippen molar-refractivity contribution < 1.29 is 17.6 Å². The van der Waals surface area contributed by atoms with E-state index in [4.69, 9.17) is 10.2 Å². The van der Waals surface area contributed by atoms with Crippen molar-refractivity contribution in [1.82, 2.24) is 9.97 Å². The van der Waals surface area contributed by atoms with Crippen LogP contribution in [0.15, 0.2) is 53.2 Å². The SMILES string of the molecule is Nc1oc2c(-c3ccnc(F)c3)nccc2c1Nc1ccc(F)c(F)c1. The standard InChI is InChI=1S/C18H11F3N4O/c19-12-2-1-10(8-13(12)20)25-16-11-4-6-24-15(17(11)26-18(16)22)9-3-5-23-14(21)7-9/h1-8,25H,22H2. The van der Waals surface area contributed by atoms with Crippen LogP contribution in [-0.4, -0.2) is 9.97 Å². The number of hydrogen-bond donors (Lipinski definition) is 2. The Labute approximate surface area is 145 Å². The number of nitrogens with zero attached hydrogens (tertiary/aromatic N) is 2. The lowest BCUT2D eigenvalue weighted by molar-refractivity contribution is 0.509. The van der Waals surface area contributed by atoms with E-state index in [-0.39, 0.29) is 5.88 Å². The molecule has 0 fully saturated rings. The monoisotopic (exact) mass is 356 g/mol. The molecule has 0 spiro atoms. The molecule has 4 rings (SSSR count). The van der Waals surface area contributed by atoms with Crippen molar-refractivity contribution in [2.45, 2.75) is 0 Å². The summed E-state index contributed by atoms with van der Waals surface area (Å²) in [7, 11) is 0. The number of aromatic nitrogens is 2. The van der Waals surface area contributed by atoms with Crippen molar-refractivity contribution in [1.29, 1.82) is 0 Å². The molecule has 130 valence electrons. The molecule has 8 heteroatoms. The third-order valence-corrected chi connectivity index (χ3v) is 3.82. The summed E-state index contributed by atoms with van der Waals surface area (Å²) >= 11 is 0. The zero-order chi connectivity index (χ0) is 18.3. The van der Waals surface area contributed by atoms with E-state index in [1.807, 2.05) is 0 Å². The molecule has 4 aromatic rings. The summed E-state index contributed by atoms with van der Waals surface area (Å²) in [6.07, 6.45) is 2.83. The fourth-order valence-corrected chi connectivity index (χ4v) is 2.64. The maximum absolute atomic E-state index is 13.4. The first kappa shape index (κ1) is 15.9. The van der Waals surface area contributed by atoms with Crippen molar-refractivity contribution in [3.63, 3.8) is 0 Å². The maximum atomic E-state index is 13.4. The van der Waals surface area contributed by atoms with Crippen LogP contribution in [0.5, 0.6) is 0 Å². The minimum atomic E-state index is -0.990. The molecule has 0 aliphatic rings. The van der Waals surface area contributed by atoms with E-state index in [1.54, 1.807) is 12.1 Å². The van der Waals surface area contributed by atoms with Gasteiger partial charge in [0.2, 0.25) is 11.8 Å². The van der Waals surface area contributed by atoms with Gasteiger partial charge in [-0.3, -0.25) is 4.98 Å². The van der Waals surface area contributed by atoms with Crippen LogP contribution in [0.4, 0.5) is 30.4 Å². The van der Waals surface area contributed by atoms with Crippen LogP contribution >= 0.6 is 0 Å². The largest absolute Gasteiger partial charge is 0.436 e. The van der Waals surface area contributed by atoms with E-state index in [0.717, 1.165) is 12.1 Å². The van der Waals surface area contributed by atoms with Crippen LogP contribution in [0.3, 0.4) is 0 Å². The summed E-state index contributed by atoms with van der Waals surface area (Å²) in [6, 6.07) is 7.85. The van der Waals surface area contributed by atoms with Gasteiger partial charge >= 0.3 is 0 Å². The number of rotatable bonds is 3. The molecular formula is C18H11F3N4O. The number of halogens is 3. The third kappa shape index (κ3) is 2.71. The molecule has 0 aliphatic carbocycles. The quantitative estimate of drug-likeness (QED) is 0.523. The van der Waals surface area contributed by atoms with Gasteiger partial charge in [-0.2, -0.15) is 4.39 Å². The highest BCUT2D eigenvalue weighted by molar-refractivity contribution is 6.03. The lowest BCUT2D eigenvalue weighted by Crippen LogP contribution is -1.95. The third-order valence-electron chi connectivity index (χ3n) is 3.82. The van der Waals surface area contributed by atoms with Crippen molar-refractivity contribution in [3.05, 3.63) is 66.4 Å². The molecule has 0 saturated heterocycles. The van der Waals surface area contributed by atoms with Gasteiger partial charge in [-0.05, 0) is 24.3 Å². The molecule has 26 heavy (non-hydrogen) atoms. The fraction of sp³-hybridized carbons (Fsp3) is 0. The number of nitrogens with one attached hydrogen (secondary N) is 1. The first-order valence-corrected chi connectivity index (χ1v) is 7.54. The molecule has 0 atom stereocenters. The van der Waals surface area contributed by atoms with Gasteiger partial charge in [0.05, 0.1) is 5.39 Å². The Morgan fingerprint density at radius 3 is 2.50 bits per heavy atom. The molecule has 0 amide bonds. The predicted molar refractivity (Wildman–Crippen MR) is 91.3 cm³/mol. The van der Waals surface area contributed by atoms with Crippen LogP contribution in [-0.2, 0) is 0 Å². The molecule has 1 aromatic carbocycles. The molecule has 0 radical (unpaired) electrons. The zero-order valence-electron chi connectivity index (χ0n) is 13.1. The van der Waals surface area contributed by atoms with Crippen molar-refractivity contribution in [2.24, 2.45) is 0 Å². The summed E-state index contributed by atoms with van der Waals surface area (Å²) in [5.41, 5.74) is 7.80. The summed E-state index contributed by atoms with van der Waals surface area (Å²) < 4.78 is 45.5. The number of nitrogen functional groups attached to an aromatic ring is 1. The Hall–Kier alpha value is -3.55. The Balaban J connectivity index is 1.83. The Morgan fingerprint density at radius 1 is 0.923 bits per heavy atom. The molecule has 0 saturated carbocycles. The Bertz CT molecular complexity index is 1130. The number of furan rings is 1. The second-order valence-electron chi connectivity index (χ2n) is 5.50. The topological polar surface area (TPSA) is 77.0 Å². The van der Waals surface area contributed by atoms with E-state index in [0.29, 0.717) is 33.6 Å². The highest BCUT2D eigenvalue weighted by Gasteiger charge is 2.18. The van der Waals surface area contributed by atoms with Crippen LogP contribution in [0.1, 0.15) is 0 Å². The summed E-state index contributed by atoms with van der Waals surface area (Å²) in [4.78, 5) is 7.74. The van der Waals surface area contributed by atoms with Crippen LogP contribution in [0, 0.1) is 17.6 Å². The van der Waals surface area contributed by atoms with Gasteiger partial charge in [-0.1, -0.05) is 0 Å². The van der Waals surface area contributed by atoms with Crippen LogP contribution in [0.2, 0.25) is 0 Å². The molecule has 0 aliphatic heterocycles. The van der Waals surface area contributed by atoms with E-state index in [1.165, 1.54) is 24.5 Å². The molecule has 3 N–H and O–H groups in total. The average Bonchev–Trinajstić information content (AvgIpc) is 2.94. The molecular weight excluding hydrogens is 345 g/mol. The van der Waals surface area contributed by atoms with Gasteiger partial charge in [0.25, 0.3) is 0 Å². The second kappa shape index (κ2) is 6.07. The number of pyridine rings is 2. The Kier molecular flexibility index (Phi) is 3.72. The van der Waals surface area contributed by atoms with Gasteiger partial charge in [-0.25, -0.2) is 13.8 Å². The smallest absolute Gasteiger partial charge is 0.215 e. The molecule has 3 heterocycles. The minimum absolute atomic E-state index is 0.0357. The van der Waals surface area contributed by atoms with Gasteiger partial charge in [0, 0.05) is 35.8 Å². The van der Waals surface area contributed by atoms with Gasteiger partial charge < -0.3 is 15.5 Å². The van der Waals surface area contributed by atoms with Crippen molar-refractivity contribution in [3.8, 4) is 11.3 Å².